The number of anilines is 1. The van der Waals surface area contributed by atoms with Gasteiger partial charge >= 0.3 is 0 Å². The molecule has 1 N–H and O–H groups in total. The molecule has 3 rings (SSSR count). The van der Waals surface area contributed by atoms with Crippen molar-refractivity contribution >= 4 is 46.6 Å². The van der Waals surface area contributed by atoms with Crippen LogP contribution in [0.3, 0.4) is 0 Å². The number of aryl methyl sites for hydroxylation is 1. The van der Waals surface area contributed by atoms with Crippen LogP contribution in [-0.2, 0) is 11.3 Å². The van der Waals surface area contributed by atoms with E-state index in [2.05, 4.69) is 20.6 Å². The normalized spacial score (nSPS) is 10.8. The fourth-order valence-electron chi connectivity index (χ4n) is 1.95. The number of rotatable bonds is 6. The summed E-state index contributed by atoms with van der Waals surface area (Å²) < 4.78 is 7.29. The number of nitrogens with one attached hydrogen (secondary N) is 1. The van der Waals surface area contributed by atoms with E-state index >= 15 is 0 Å². The van der Waals surface area contributed by atoms with Crippen LogP contribution in [0.25, 0.3) is 11.5 Å². The van der Waals surface area contributed by atoms with Crippen LogP contribution in [0, 0.1) is 0 Å². The summed E-state index contributed by atoms with van der Waals surface area (Å²) in [5.41, 5.74) is 1.11. The average molecular weight is 398 g/mol. The van der Waals surface area contributed by atoms with Crippen LogP contribution >= 0.6 is 35.0 Å². The van der Waals surface area contributed by atoms with Gasteiger partial charge in [0.15, 0.2) is 0 Å². The minimum Gasteiger partial charge on any atom is -0.411 e. The first-order valence-corrected chi connectivity index (χ1v) is 9.04. The van der Waals surface area contributed by atoms with Crippen molar-refractivity contribution in [3.63, 3.8) is 0 Å². The third kappa shape index (κ3) is 4.33. The number of carbonyl (C=O) groups excluding carboxylic acids is 1. The number of amides is 1. The first-order chi connectivity index (χ1) is 12.1. The number of carbonyl (C=O) groups is 1. The quantitative estimate of drug-likeness (QED) is 0.632. The Morgan fingerprint density at radius 2 is 2.08 bits per heavy atom. The maximum Gasteiger partial charge on any atom is 0.277 e. The standard InChI is InChI=1S/C15H13Cl2N5O2S/c1-2-22-7-9(6-18-22)14-20-21-15(24-14)25-8-12(23)19-13-10(16)4-3-5-11(13)17/h3-7H,2,8H2,1H3,(H,19,23). The molecule has 0 radical (unpaired) electrons. The van der Waals surface area contributed by atoms with E-state index in [-0.39, 0.29) is 11.7 Å². The van der Waals surface area contributed by atoms with E-state index in [1.165, 1.54) is 0 Å². The zero-order chi connectivity index (χ0) is 17.8. The Balaban J connectivity index is 1.59. The maximum atomic E-state index is 12.1. The molecule has 0 aliphatic carbocycles. The van der Waals surface area contributed by atoms with Crippen LogP contribution in [0.5, 0.6) is 0 Å². The van der Waals surface area contributed by atoms with Crippen molar-refractivity contribution in [1.82, 2.24) is 20.0 Å². The Morgan fingerprint density at radius 1 is 1.32 bits per heavy atom. The van der Waals surface area contributed by atoms with Crippen molar-refractivity contribution in [2.45, 2.75) is 18.7 Å². The summed E-state index contributed by atoms with van der Waals surface area (Å²) in [4.78, 5) is 12.1. The Morgan fingerprint density at radius 3 is 2.76 bits per heavy atom. The first kappa shape index (κ1) is 17.8. The molecule has 3 aromatic rings. The number of para-hydroxylation sites is 1. The monoisotopic (exact) mass is 397 g/mol. The fourth-order valence-corrected chi connectivity index (χ4v) is 3.01. The van der Waals surface area contributed by atoms with Crippen LogP contribution in [0.15, 0.2) is 40.2 Å². The number of aromatic nitrogens is 4. The number of thioether (sulfide) groups is 1. The molecule has 0 spiro atoms. The van der Waals surface area contributed by atoms with Gasteiger partial charge in [-0.15, -0.1) is 10.2 Å². The van der Waals surface area contributed by atoms with Crippen molar-refractivity contribution < 1.29 is 9.21 Å². The zero-order valence-electron chi connectivity index (χ0n) is 13.1. The van der Waals surface area contributed by atoms with Crippen LogP contribution < -0.4 is 5.32 Å². The van der Waals surface area contributed by atoms with Gasteiger partial charge in [-0.05, 0) is 19.1 Å². The Bertz CT molecular complexity index is 875. The summed E-state index contributed by atoms with van der Waals surface area (Å²) in [5.74, 6) is 0.160. The van der Waals surface area contributed by atoms with Crippen molar-refractivity contribution in [1.29, 1.82) is 0 Å². The topological polar surface area (TPSA) is 85.8 Å². The highest BCUT2D eigenvalue weighted by Crippen LogP contribution is 2.30. The number of nitrogens with zero attached hydrogens (tertiary/aromatic N) is 4. The molecule has 25 heavy (non-hydrogen) atoms. The molecule has 1 aromatic carbocycles. The number of hydrogen-bond acceptors (Lipinski definition) is 6. The van der Waals surface area contributed by atoms with Crippen LogP contribution in [0.2, 0.25) is 10.0 Å². The van der Waals surface area contributed by atoms with E-state index < -0.39 is 0 Å². The molecule has 2 aromatic heterocycles. The second-order valence-electron chi connectivity index (χ2n) is 4.89. The van der Waals surface area contributed by atoms with Crippen LogP contribution in [0.1, 0.15) is 6.92 Å². The molecular weight excluding hydrogens is 385 g/mol. The van der Waals surface area contributed by atoms with Gasteiger partial charge in [-0.1, -0.05) is 41.0 Å². The SMILES string of the molecule is CCn1cc(-c2nnc(SCC(=O)Nc3c(Cl)cccc3Cl)o2)cn1. The molecule has 0 bridgehead atoms. The average Bonchev–Trinajstić information content (AvgIpc) is 3.25. The van der Waals surface area contributed by atoms with Gasteiger partial charge in [0.25, 0.3) is 11.1 Å². The Labute approximate surface area is 157 Å². The Hall–Kier alpha value is -2.03. The molecule has 0 unspecified atom stereocenters. The number of hydrogen-bond donors (Lipinski definition) is 1. The lowest BCUT2D eigenvalue weighted by atomic mass is 10.3. The van der Waals surface area contributed by atoms with E-state index in [0.29, 0.717) is 26.8 Å². The molecule has 130 valence electrons. The van der Waals surface area contributed by atoms with E-state index in [4.69, 9.17) is 27.6 Å². The minimum absolute atomic E-state index is 0.0808. The molecule has 10 heteroatoms. The summed E-state index contributed by atoms with van der Waals surface area (Å²) >= 11 is 13.2. The number of benzene rings is 1. The van der Waals surface area contributed by atoms with Crippen molar-refractivity contribution in [3.8, 4) is 11.5 Å². The van der Waals surface area contributed by atoms with E-state index in [1.807, 2.05) is 13.1 Å². The molecule has 0 aliphatic rings. The van der Waals surface area contributed by atoms with Gasteiger partial charge in [-0.2, -0.15) is 5.10 Å². The summed E-state index contributed by atoms with van der Waals surface area (Å²) in [7, 11) is 0. The minimum atomic E-state index is -0.279. The molecule has 7 nitrogen and oxygen atoms in total. The summed E-state index contributed by atoms with van der Waals surface area (Å²) in [5, 5.41) is 15.7. The molecule has 0 atom stereocenters. The summed E-state index contributed by atoms with van der Waals surface area (Å²) in [6.45, 7) is 2.73. The van der Waals surface area contributed by atoms with Gasteiger partial charge in [0.05, 0.1) is 33.2 Å². The van der Waals surface area contributed by atoms with Crippen molar-refractivity contribution in [3.05, 3.63) is 40.6 Å². The van der Waals surface area contributed by atoms with Gasteiger partial charge < -0.3 is 9.73 Å². The van der Waals surface area contributed by atoms with Crippen molar-refractivity contribution in [2.75, 3.05) is 11.1 Å². The maximum absolute atomic E-state index is 12.1. The molecule has 2 heterocycles. The van der Waals surface area contributed by atoms with E-state index in [1.54, 1.807) is 29.1 Å². The third-order valence-corrected chi connectivity index (χ3v) is 4.61. The van der Waals surface area contributed by atoms with E-state index in [9.17, 15) is 4.79 Å². The fraction of sp³-hybridized carbons (Fsp3) is 0.200. The second kappa shape index (κ2) is 7.90. The molecule has 1 amide bonds. The highest BCUT2D eigenvalue weighted by molar-refractivity contribution is 7.99. The zero-order valence-corrected chi connectivity index (χ0v) is 15.4. The lowest BCUT2D eigenvalue weighted by Gasteiger charge is -2.07. The van der Waals surface area contributed by atoms with Crippen molar-refractivity contribution in [2.24, 2.45) is 0 Å². The predicted molar refractivity (Wildman–Crippen MR) is 97.0 cm³/mol. The largest absolute Gasteiger partial charge is 0.411 e. The number of halogens is 2. The molecule has 0 aliphatic heterocycles. The Kier molecular flexibility index (Phi) is 5.62. The highest BCUT2D eigenvalue weighted by Gasteiger charge is 2.14. The van der Waals surface area contributed by atoms with Gasteiger partial charge in [-0.3, -0.25) is 9.48 Å². The van der Waals surface area contributed by atoms with Gasteiger partial charge in [-0.25, -0.2) is 0 Å². The van der Waals surface area contributed by atoms with E-state index in [0.717, 1.165) is 23.9 Å². The molecule has 0 saturated carbocycles. The van der Waals surface area contributed by atoms with Crippen LogP contribution in [0.4, 0.5) is 5.69 Å². The molecule has 0 fully saturated rings. The lowest BCUT2D eigenvalue weighted by Crippen LogP contribution is -2.14. The van der Waals surface area contributed by atoms with Crippen LogP contribution in [-0.4, -0.2) is 31.6 Å². The summed E-state index contributed by atoms with van der Waals surface area (Å²) in [6.07, 6.45) is 3.46. The molecule has 0 saturated heterocycles. The predicted octanol–water partition coefficient (Wildman–Crippen LogP) is 3.99. The molecular formula is C15H13Cl2N5O2S. The highest BCUT2D eigenvalue weighted by atomic mass is 35.5. The first-order valence-electron chi connectivity index (χ1n) is 7.30. The second-order valence-corrected chi connectivity index (χ2v) is 6.63. The van der Waals surface area contributed by atoms with Gasteiger partial charge in [0.2, 0.25) is 5.91 Å². The smallest absolute Gasteiger partial charge is 0.277 e. The van der Waals surface area contributed by atoms with Gasteiger partial charge in [0.1, 0.15) is 0 Å². The summed E-state index contributed by atoms with van der Waals surface area (Å²) in [6, 6.07) is 5.00. The lowest BCUT2D eigenvalue weighted by molar-refractivity contribution is -0.113. The third-order valence-electron chi connectivity index (χ3n) is 3.16. The van der Waals surface area contributed by atoms with Gasteiger partial charge in [0, 0.05) is 12.7 Å².